The van der Waals surface area contributed by atoms with E-state index in [4.69, 9.17) is 4.42 Å². The molecule has 0 unspecified atom stereocenters. The molecule has 1 heterocycles. The number of nitrogens with zero attached hydrogens (tertiary/aromatic N) is 2. The summed E-state index contributed by atoms with van der Waals surface area (Å²) >= 11 is 0. The zero-order chi connectivity index (χ0) is 17.9. The van der Waals surface area contributed by atoms with E-state index >= 15 is 0 Å². The first-order valence-electron chi connectivity index (χ1n) is 9.96. The summed E-state index contributed by atoms with van der Waals surface area (Å²) in [6.45, 7) is 3.29. The van der Waals surface area contributed by atoms with Gasteiger partial charge in [0.25, 0.3) is 0 Å². The molecule has 0 amide bonds. The topological polar surface area (TPSA) is 19.6 Å². The van der Waals surface area contributed by atoms with Gasteiger partial charge in [-0.25, -0.2) is 0 Å². The van der Waals surface area contributed by atoms with Crippen LogP contribution in [0.4, 0.5) is 0 Å². The molecule has 1 aromatic carbocycles. The second-order valence-electron chi connectivity index (χ2n) is 7.62. The number of hydrogen-bond acceptors (Lipinski definition) is 3. The van der Waals surface area contributed by atoms with Crippen LogP contribution in [-0.2, 0) is 6.54 Å². The first-order chi connectivity index (χ1) is 12.1. The van der Waals surface area contributed by atoms with Crippen LogP contribution in [0.5, 0.6) is 0 Å². The quantitative estimate of drug-likeness (QED) is 0.444. The summed E-state index contributed by atoms with van der Waals surface area (Å²) in [5.41, 5.74) is 0.997. The molecule has 3 heteroatoms. The third-order valence-electron chi connectivity index (χ3n) is 4.80. The van der Waals surface area contributed by atoms with Gasteiger partial charge < -0.3 is 9.32 Å². The predicted molar refractivity (Wildman–Crippen MR) is 108 cm³/mol. The van der Waals surface area contributed by atoms with Crippen LogP contribution in [0.2, 0.25) is 0 Å². The van der Waals surface area contributed by atoms with Crippen LogP contribution in [0.25, 0.3) is 11.0 Å². The molecule has 2 rings (SSSR count). The van der Waals surface area contributed by atoms with Crippen LogP contribution in [0, 0.1) is 0 Å². The maximum absolute atomic E-state index is 5.90. The minimum Gasteiger partial charge on any atom is -0.460 e. The van der Waals surface area contributed by atoms with Gasteiger partial charge in [0.05, 0.1) is 6.54 Å². The Labute approximate surface area is 154 Å². The Morgan fingerprint density at radius 3 is 2.00 bits per heavy atom. The van der Waals surface area contributed by atoms with Crippen molar-refractivity contribution in [1.29, 1.82) is 0 Å². The third kappa shape index (κ3) is 8.06. The lowest BCUT2D eigenvalue weighted by Crippen LogP contribution is -2.18. The summed E-state index contributed by atoms with van der Waals surface area (Å²) < 4.78 is 5.90. The van der Waals surface area contributed by atoms with Crippen molar-refractivity contribution in [3.63, 3.8) is 0 Å². The second-order valence-corrected chi connectivity index (χ2v) is 7.62. The smallest absolute Gasteiger partial charge is 0.134 e. The molecule has 0 saturated carbocycles. The van der Waals surface area contributed by atoms with Crippen molar-refractivity contribution in [2.45, 2.75) is 57.9 Å². The number of unbranched alkanes of at least 4 members (excludes halogenated alkanes) is 7. The molecule has 0 radical (unpaired) electrons. The lowest BCUT2D eigenvalue weighted by Gasteiger charge is -2.14. The van der Waals surface area contributed by atoms with Crippen LogP contribution < -0.4 is 0 Å². The van der Waals surface area contributed by atoms with Crippen LogP contribution in [0.3, 0.4) is 0 Å². The van der Waals surface area contributed by atoms with E-state index in [9.17, 15) is 0 Å². The molecule has 25 heavy (non-hydrogen) atoms. The number of furan rings is 1. The molecule has 3 nitrogen and oxygen atoms in total. The standard InChI is InChI=1S/C22H36N2O/c1-23(2)16-12-8-6-4-5-7-9-13-17-24(3)19-21-18-20-14-10-11-15-22(20)25-21/h10-11,14-15,18H,4-9,12-13,16-17,19H2,1-3H3. The van der Waals surface area contributed by atoms with Crippen molar-refractivity contribution in [2.24, 2.45) is 0 Å². The van der Waals surface area contributed by atoms with Gasteiger partial charge in [0.15, 0.2) is 0 Å². The van der Waals surface area contributed by atoms with E-state index in [1.165, 1.54) is 63.3 Å². The van der Waals surface area contributed by atoms with Gasteiger partial charge >= 0.3 is 0 Å². The van der Waals surface area contributed by atoms with E-state index in [0.29, 0.717) is 0 Å². The highest BCUT2D eigenvalue weighted by molar-refractivity contribution is 5.77. The van der Waals surface area contributed by atoms with Crippen LogP contribution >= 0.6 is 0 Å². The average molecular weight is 345 g/mol. The molecule has 0 aliphatic heterocycles. The molecule has 0 aliphatic carbocycles. The second kappa shape index (κ2) is 11.3. The Kier molecular flexibility index (Phi) is 9.06. The Bertz CT molecular complexity index is 557. The molecule has 2 aromatic rings. The first kappa shape index (κ1) is 20.0. The minimum atomic E-state index is 0.903. The Morgan fingerprint density at radius 1 is 0.760 bits per heavy atom. The van der Waals surface area contributed by atoms with E-state index in [2.05, 4.69) is 49.1 Å². The number of rotatable bonds is 13. The van der Waals surface area contributed by atoms with Crippen molar-refractivity contribution >= 4 is 11.0 Å². The molecular weight excluding hydrogens is 308 g/mol. The van der Waals surface area contributed by atoms with Gasteiger partial charge in [0, 0.05) is 5.39 Å². The molecule has 0 atom stereocenters. The highest BCUT2D eigenvalue weighted by Crippen LogP contribution is 2.19. The fourth-order valence-electron chi connectivity index (χ4n) is 3.33. The number of hydrogen-bond donors (Lipinski definition) is 0. The monoisotopic (exact) mass is 344 g/mol. The summed E-state index contributed by atoms with van der Waals surface area (Å²) in [4.78, 5) is 4.65. The number of benzene rings is 1. The normalized spacial score (nSPS) is 11.9. The lowest BCUT2D eigenvalue weighted by atomic mass is 10.1. The van der Waals surface area contributed by atoms with Gasteiger partial charge in [-0.1, -0.05) is 56.7 Å². The fourth-order valence-corrected chi connectivity index (χ4v) is 3.33. The maximum Gasteiger partial charge on any atom is 0.134 e. The zero-order valence-electron chi connectivity index (χ0n) is 16.5. The molecule has 0 bridgehead atoms. The summed E-state index contributed by atoms with van der Waals surface area (Å²) in [5, 5.41) is 1.21. The number of fused-ring (bicyclic) bond motifs is 1. The van der Waals surface area contributed by atoms with Gasteiger partial charge in [-0.15, -0.1) is 0 Å². The van der Waals surface area contributed by atoms with Crippen LogP contribution in [-0.4, -0.2) is 44.0 Å². The first-order valence-corrected chi connectivity index (χ1v) is 9.96. The van der Waals surface area contributed by atoms with Gasteiger partial charge in [0.2, 0.25) is 0 Å². The van der Waals surface area contributed by atoms with Crippen LogP contribution in [0.1, 0.15) is 57.1 Å². The largest absolute Gasteiger partial charge is 0.460 e. The molecule has 0 fully saturated rings. The summed E-state index contributed by atoms with van der Waals surface area (Å²) in [6, 6.07) is 10.4. The van der Waals surface area contributed by atoms with Crippen molar-refractivity contribution in [3.05, 3.63) is 36.1 Å². The van der Waals surface area contributed by atoms with E-state index in [-0.39, 0.29) is 0 Å². The van der Waals surface area contributed by atoms with E-state index in [1.54, 1.807) is 0 Å². The molecule has 0 saturated heterocycles. The summed E-state index contributed by atoms with van der Waals surface area (Å²) in [6.07, 6.45) is 11.0. The Hall–Kier alpha value is -1.32. The van der Waals surface area contributed by atoms with Gasteiger partial charge in [0.1, 0.15) is 11.3 Å². The third-order valence-corrected chi connectivity index (χ3v) is 4.80. The van der Waals surface area contributed by atoms with Crippen LogP contribution in [0.15, 0.2) is 34.7 Å². The summed E-state index contributed by atoms with van der Waals surface area (Å²) in [7, 11) is 6.51. The molecular formula is C22H36N2O. The molecule has 1 aromatic heterocycles. The molecule has 0 spiro atoms. The SMILES string of the molecule is CN(C)CCCCCCCCCCN(C)Cc1cc2ccccc2o1. The Balaban J connectivity index is 1.48. The van der Waals surface area contributed by atoms with E-state index < -0.39 is 0 Å². The van der Waals surface area contributed by atoms with Gasteiger partial charge in [-0.05, 0) is 59.2 Å². The van der Waals surface area contributed by atoms with Crippen molar-refractivity contribution in [2.75, 3.05) is 34.2 Å². The highest BCUT2D eigenvalue weighted by Gasteiger charge is 2.06. The molecule has 0 N–H and O–H groups in total. The van der Waals surface area contributed by atoms with Gasteiger partial charge in [-0.2, -0.15) is 0 Å². The van der Waals surface area contributed by atoms with Crippen molar-refractivity contribution in [3.8, 4) is 0 Å². The summed E-state index contributed by atoms with van der Waals surface area (Å²) in [5.74, 6) is 1.07. The predicted octanol–water partition coefficient (Wildman–Crippen LogP) is 5.55. The molecule has 0 aliphatic rings. The average Bonchev–Trinajstić information content (AvgIpc) is 2.98. The number of para-hydroxylation sites is 1. The Morgan fingerprint density at radius 2 is 1.36 bits per heavy atom. The van der Waals surface area contributed by atoms with Crippen molar-refractivity contribution in [1.82, 2.24) is 9.80 Å². The maximum atomic E-state index is 5.90. The minimum absolute atomic E-state index is 0.903. The zero-order valence-corrected chi connectivity index (χ0v) is 16.5. The fraction of sp³-hybridized carbons (Fsp3) is 0.636. The van der Waals surface area contributed by atoms with Crippen molar-refractivity contribution < 1.29 is 4.42 Å². The molecule has 140 valence electrons. The lowest BCUT2D eigenvalue weighted by molar-refractivity contribution is 0.291. The highest BCUT2D eigenvalue weighted by atomic mass is 16.3. The van der Waals surface area contributed by atoms with E-state index in [0.717, 1.165) is 24.4 Å². The van der Waals surface area contributed by atoms with Gasteiger partial charge in [-0.3, -0.25) is 4.90 Å². The van der Waals surface area contributed by atoms with E-state index in [1.807, 2.05) is 12.1 Å².